The molecule has 0 radical (unpaired) electrons. The van der Waals surface area contributed by atoms with E-state index in [4.69, 9.17) is 22.1 Å². The number of hydrogen-bond acceptors (Lipinski definition) is 3. The summed E-state index contributed by atoms with van der Waals surface area (Å²) in [6, 6.07) is 15.3. The van der Waals surface area contributed by atoms with Gasteiger partial charge in [0.2, 0.25) is 5.91 Å². The summed E-state index contributed by atoms with van der Waals surface area (Å²) in [4.78, 5) is 23.7. The van der Waals surface area contributed by atoms with Gasteiger partial charge in [-0.2, -0.15) is 0 Å². The van der Waals surface area contributed by atoms with Crippen LogP contribution in [0.3, 0.4) is 0 Å². The van der Waals surface area contributed by atoms with Crippen molar-refractivity contribution in [2.45, 2.75) is 13.5 Å². The molecule has 146 valence electrons. The van der Waals surface area contributed by atoms with Crippen LogP contribution in [0.25, 0.3) is 21.8 Å². The minimum Gasteiger partial charge on any atom is -0.423 e. The zero-order valence-electron chi connectivity index (χ0n) is 15.4. The summed E-state index contributed by atoms with van der Waals surface area (Å²) in [6.45, 7) is 1.60. The second kappa shape index (κ2) is 7.22. The van der Waals surface area contributed by atoms with Crippen LogP contribution in [-0.2, 0) is 11.3 Å². The zero-order valence-corrected chi connectivity index (χ0v) is 16.2. The first-order valence-electron chi connectivity index (χ1n) is 8.83. The molecule has 0 fully saturated rings. The lowest BCUT2D eigenvalue weighted by molar-refractivity contribution is -0.132. The first-order chi connectivity index (χ1) is 13.9. The van der Waals surface area contributed by atoms with Crippen LogP contribution in [0.1, 0.15) is 22.8 Å². The van der Waals surface area contributed by atoms with Crippen LogP contribution in [0.2, 0.25) is 5.02 Å². The molecule has 1 heterocycles. The van der Waals surface area contributed by atoms with E-state index in [-0.39, 0.29) is 11.3 Å². The molecule has 29 heavy (non-hydrogen) atoms. The number of primary amides is 1. The van der Waals surface area contributed by atoms with Crippen LogP contribution >= 0.6 is 11.6 Å². The van der Waals surface area contributed by atoms with Crippen molar-refractivity contribution in [1.29, 1.82) is 0 Å². The number of carbonyl (C=O) groups excluding carboxylic acids is 2. The molecular formula is C22H16ClFN2O3. The molecular weight excluding hydrogens is 395 g/mol. The second-order valence-corrected chi connectivity index (χ2v) is 7.08. The van der Waals surface area contributed by atoms with Gasteiger partial charge >= 0.3 is 5.97 Å². The lowest BCUT2D eigenvalue weighted by Gasteiger charge is -2.09. The molecule has 4 aromatic rings. The summed E-state index contributed by atoms with van der Waals surface area (Å²) >= 11 is 6.11. The number of carbonyl (C=O) groups is 2. The Balaban J connectivity index is 2.11. The monoisotopic (exact) mass is 410 g/mol. The Bertz CT molecular complexity index is 1300. The maximum Gasteiger partial charge on any atom is 0.308 e. The lowest BCUT2D eigenvalue weighted by atomic mass is 10.1. The molecule has 7 heteroatoms. The van der Waals surface area contributed by atoms with Gasteiger partial charge in [-0.3, -0.25) is 9.59 Å². The number of hydrogen-bond donors (Lipinski definition) is 1. The van der Waals surface area contributed by atoms with Gasteiger partial charge in [0.25, 0.3) is 0 Å². The lowest BCUT2D eigenvalue weighted by Crippen LogP contribution is -2.11. The van der Waals surface area contributed by atoms with Crippen molar-refractivity contribution in [2.75, 3.05) is 0 Å². The van der Waals surface area contributed by atoms with E-state index in [2.05, 4.69) is 0 Å². The normalized spacial score (nSPS) is 11.1. The highest BCUT2D eigenvalue weighted by Gasteiger charge is 2.23. The van der Waals surface area contributed by atoms with E-state index in [9.17, 15) is 14.0 Å². The molecule has 0 saturated heterocycles. The van der Waals surface area contributed by atoms with Gasteiger partial charge in [-0.25, -0.2) is 4.39 Å². The van der Waals surface area contributed by atoms with Gasteiger partial charge in [0.15, 0.2) is 11.6 Å². The first-order valence-corrected chi connectivity index (χ1v) is 9.20. The molecule has 0 bridgehead atoms. The Morgan fingerprint density at radius 1 is 1.07 bits per heavy atom. The minimum atomic E-state index is -0.700. The molecule has 4 rings (SSSR count). The Morgan fingerprint density at radius 2 is 1.79 bits per heavy atom. The van der Waals surface area contributed by atoms with Crippen LogP contribution in [-0.4, -0.2) is 16.4 Å². The standard InChI is InChI=1S/C22H16ClFN2O3/c1-12(27)29-21-16(24)8-9-18-20(21)19-15(22(25)28)6-3-7-17(19)26(18)11-13-4-2-5-14(23)10-13/h2-10H,11H2,1H3,(H2,25,28). The van der Waals surface area contributed by atoms with E-state index in [0.29, 0.717) is 33.4 Å². The number of rotatable bonds is 4. The fourth-order valence-corrected chi connectivity index (χ4v) is 3.82. The highest BCUT2D eigenvalue weighted by atomic mass is 35.5. The van der Waals surface area contributed by atoms with Gasteiger partial charge in [0.05, 0.1) is 16.4 Å². The fourth-order valence-electron chi connectivity index (χ4n) is 3.61. The van der Waals surface area contributed by atoms with Crippen molar-refractivity contribution in [3.63, 3.8) is 0 Å². The van der Waals surface area contributed by atoms with Crippen LogP contribution in [0.4, 0.5) is 4.39 Å². The van der Waals surface area contributed by atoms with Gasteiger partial charge in [-0.15, -0.1) is 0 Å². The summed E-state index contributed by atoms with van der Waals surface area (Å²) in [6.07, 6.45) is 0. The molecule has 0 aliphatic heterocycles. The maximum atomic E-state index is 14.6. The maximum absolute atomic E-state index is 14.6. The van der Waals surface area contributed by atoms with E-state index in [1.165, 1.54) is 13.0 Å². The summed E-state index contributed by atoms with van der Waals surface area (Å²) in [5.74, 6) is -2.24. The van der Waals surface area contributed by atoms with E-state index >= 15 is 0 Å². The molecule has 3 aromatic carbocycles. The largest absolute Gasteiger partial charge is 0.423 e. The zero-order chi connectivity index (χ0) is 20.7. The average Bonchev–Trinajstić information content (AvgIpc) is 2.98. The smallest absolute Gasteiger partial charge is 0.308 e. The summed E-state index contributed by atoms with van der Waals surface area (Å²) < 4.78 is 21.7. The van der Waals surface area contributed by atoms with Gasteiger partial charge in [-0.05, 0) is 42.0 Å². The fraction of sp³-hybridized carbons (Fsp3) is 0.0909. The van der Waals surface area contributed by atoms with Crippen molar-refractivity contribution in [3.8, 4) is 5.75 Å². The third-order valence-corrected chi connectivity index (χ3v) is 4.94. The Morgan fingerprint density at radius 3 is 2.48 bits per heavy atom. The number of halogens is 2. The third-order valence-electron chi connectivity index (χ3n) is 4.70. The number of ether oxygens (including phenoxy) is 1. The number of nitrogens with two attached hydrogens (primary N) is 1. The predicted molar refractivity (Wildman–Crippen MR) is 110 cm³/mol. The third kappa shape index (κ3) is 3.32. The van der Waals surface area contributed by atoms with Gasteiger partial charge < -0.3 is 15.0 Å². The Hall–Kier alpha value is -3.38. The number of nitrogens with zero attached hydrogens (tertiary/aromatic N) is 1. The predicted octanol–water partition coefficient (Wildman–Crippen LogP) is 4.66. The number of esters is 1. The molecule has 5 nitrogen and oxygen atoms in total. The van der Waals surface area contributed by atoms with Crippen LogP contribution < -0.4 is 10.5 Å². The van der Waals surface area contributed by atoms with Crippen molar-refractivity contribution in [3.05, 3.63) is 76.6 Å². The van der Waals surface area contributed by atoms with E-state index in [1.807, 2.05) is 28.8 Å². The van der Waals surface area contributed by atoms with Crippen LogP contribution in [0, 0.1) is 5.82 Å². The number of fused-ring (bicyclic) bond motifs is 3. The molecule has 0 spiro atoms. The SMILES string of the molecule is CC(=O)Oc1c(F)ccc2c1c1c(C(N)=O)cccc1n2Cc1cccc(Cl)c1. The minimum absolute atomic E-state index is 0.219. The van der Waals surface area contributed by atoms with Gasteiger partial charge in [-0.1, -0.05) is 29.8 Å². The number of benzene rings is 3. The van der Waals surface area contributed by atoms with Crippen LogP contribution in [0.5, 0.6) is 5.75 Å². The highest BCUT2D eigenvalue weighted by molar-refractivity contribution is 6.30. The Labute approximate surface area is 170 Å². The number of aromatic nitrogens is 1. The highest BCUT2D eigenvalue weighted by Crippen LogP contribution is 2.39. The van der Waals surface area contributed by atoms with Crippen molar-refractivity contribution >= 4 is 45.3 Å². The van der Waals surface area contributed by atoms with Crippen LogP contribution in [0.15, 0.2) is 54.6 Å². The molecule has 0 atom stereocenters. The summed E-state index contributed by atoms with van der Waals surface area (Å²) in [5.41, 5.74) is 7.97. The van der Waals surface area contributed by atoms with Crippen molar-refractivity contribution in [2.24, 2.45) is 5.73 Å². The topological polar surface area (TPSA) is 74.3 Å². The van der Waals surface area contributed by atoms with E-state index in [1.54, 1.807) is 24.3 Å². The van der Waals surface area contributed by atoms with Crippen molar-refractivity contribution < 1.29 is 18.7 Å². The molecule has 0 aliphatic carbocycles. The first kappa shape index (κ1) is 19.0. The van der Waals surface area contributed by atoms with Crippen molar-refractivity contribution in [1.82, 2.24) is 4.57 Å². The Kier molecular flexibility index (Phi) is 4.72. The van der Waals surface area contributed by atoms with E-state index in [0.717, 1.165) is 5.56 Å². The molecule has 0 saturated carbocycles. The van der Waals surface area contributed by atoms with E-state index < -0.39 is 17.7 Å². The van der Waals surface area contributed by atoms with Gasteiger partial charge in [0, 0.05) is 29.4 Å². The average molecular weight is 411 g/mol. The number of amides is 1. The molecule has 1 amide bonds. The molecule has 0 unspecified atom stereocenters. The molecule has 2 N–H and O–H groups in total. The molecule has 1 aromatic heterocycles. The second-order valence-electron chi connectivity index (χ2n) is 6.64. The quantitative estimate of drug-likeness (QED) is 0.393. The van der Waals surface area contributed by atoms with Gasteiger partial charge in [0.1, 0.15) is 0 Å². The summed E-state index contributed by atoms with van der Waals surface area (Å²) in [5, 5.41) is 1.35. The summed E-state index contributed by atoms with van der Waals surface area (Å²) in [7, 11) is 0. The molecule has 0 aliphatic rings.